The van der Waals surface area contributed by atoms with Gasteiger partial charge >= 0.3 is 0 Å². The first kappa shape index (κ1) is 15.3. The minimum atomic E-state index is 0.123. The number of pyridine rings is 1. The highest BCUT2D eigenvalue weighted by molar-refractivity contribution is 5.94. The Labute approximate surface area is 133 Å². The second-order valence-electron chi connectivity index (χ2n) is 6.65. The van der Waals surface area contributed by atoms with E-state index in [0.717, 1.165) is 44.2 Å². The van der Waals surface area contributed by atoms with Gasteiger partial charge in [0.2, 0.25) is 0 Å². The van der Waals surface area contributed by atoms with Gasteiger partial charge < -0.3 is 10.2 Å². The standard InChI is InChI=1S/C18H27N3O/c22-18(21-12-3-4-13-21)16-9-10-17(20-14-16)19-11-5-8-15-6-1-2-7-15/h9-10,14-15H,1-8,11-13H2,(H,19,20). The molecule has 4 heteroatoms. The smallest absolute Gasteiger partial charge is 0.255 e. The predicted octanol–water partition coefficient (Wildman–Crippen LogP) is 3.70. The maximum Gasteiger partial charge on any atom is 0.255 e. The molecule has 0 atom stereocenters. The zero-order chi connectivity index (χ0) is 15.2. The van der Waals surface area contributed by atoms with Gasteiger partial charge in [0, 0.05) is 25.8 Å². The van der Waals surface area contributed by atoms with Gasteiger partial charge in [0.15, 0.2) is 0 Å². The van der Waals surface area contributed by atoms with Crippen LogP contribution >= 0.6 is 0 Å². The first-order valence-electron chi connectivity index (χ1n) is 8.82. The van der Waals surface area contributed by atoms with Crippen molar-refractivity contribution in [1.29, 1.82) is 0 Å². The molecule has 2 aliphatic rings. The van der Waals surface area contributed by atoms with Crippen LogP contribution in [0.2, 0.25) is 0 Å². The number of hydrogen-bond donors (Lipinski definition) is 1. The van der Waals surface area contributed by atoms with Crippen LogP contribution in [-0.2, 0) is 0 Å². The second kappa shape index (κ2) is 7.61. The van der Waals surface area contributed by atoms with Gasteiger partial charge in [-0.05, 0) is 43.7 Å². The summed E-state index contributed by atoms with van der Waals surface area (Å²) in [5.41, 5.74) is 0.707. The fraction of sp³-hybridized carbons (Fsp3) is 0.667. The minimum Gasteiger partial charge on any atom is -0.370 e. The lowest BCUT2D eigenvalue weighted by atomic mass is 10.0. The molecule has 1 aliphatic heterocycles. The number of aromatic nitrogens is 1. The number of hydrogen-bond acceptors (Lipinski definition) is 3. The van der Waals surface area contributed by atoms with E-state index in [0.29, 0.717) is 5.56 Å². The van der Waals surface area contributed by atoms with E-state index < -0.39 is 0 Å². The average molecular weight is 301 g/mol. The molecule has 2 fully saturated rings. The normalized spacial score (nSPS) is 18.8. The molecule has 120 valence electrons. The highest BCUT2D eigenvalue weighted by Gasteiger charge is 2.19. The first-order valence-corrected chi connectivity index (χ1v) is 8.82. The van der Waals surface area contributed by atoms with Crippen LogP contribution in [0.3, 0.4) is 0 Å². The van der Waals surface area contributed by atoms with Crippen LogP contribution in [0.15, 0.2) is 18.3 Å². The van der Waals surface area contributed by atoms with E-state index in [-0.39, 0.29) is 5.91 Å². The van der Waals surface area contributed by atoms with Crippen LogP contribution < -0.4 is 5.32 Å². The molecule has 1 amide bonds. The monoisotopic (exact) mass is 301 g/mol. The molecule has 0 radical (unpaired) electrons. The maximum absolute atomic E-state index is 12.2. The summed E-state index contributed by atoms with van der Waals surface area (Å²) >= 11 is 0. The Bertz CT molecular complexity index is 474. The zero-order valence-corrected chi connectivity index (χ0v) is 13.4. The van der Waals surface area contributed by atoms with Gasteiger partial charge in [-0.1, -0.05) is 25.7 Å². The minimum absolute atomic E-state index is 0.123. The topological polar surface area (TPSA) is 45.2 Å². The maximum atomic E-state index is 12.2. The molecule has 4 nitrogen and oxygen atoms in total. The number of amides is 1. The quantitative estimate of drug-likeness (QED) is 0.815. The van der Waals surface area contributed by atoms with Crippen molar-refractivity contribution in [1.82, 2.24) is 9.88 Å². The van der Waals surface area contributed by atoms with Crippen molar-refractivity contribution >= 4 is 11.7 Å². The van der Waals surface area contributed by atoms with Crippen molar-refractivity contribution < 1.29 is 4.79 Å². The van der Waals surface area contributed by atoms with Gasteiger partial charge in [-0.2, -0.15) is 0 Å². The third-order valence-electron chi connectivity index (χ3n) is 4.97. The first-order chi connectivity index (χ1) is 10.8. The summed E-state index contributed by atoms with van der Waals surface area (Å²) in [5.74, 6) is 1.96. The Morgan fingerprint density at radius 3 is 2.64 bits per heavy atom. The van der Waals surface area contributed by atoms with Crippen molar-refractivity contribution in [2.24, 2.45) is 5.92 Å². The van der Waals surface area contributed by atoms with E-state index in [4.69, 9.17) is 0 Å². The van der Waals surface area contributed by atoms with Gasteiger partial charge in [-0.25, -0.2) is 4.98 Å². The van der Waals surface area contributed by atoms with Crippen LogP contribution in [0.25, 0.3) is 0 Å². The van der Waals surface area contributed by atoms with Crippen molar-refractivity contribution in [3.63, 3.8) is 0 Å². The van der Waals surface area contributed by atoms with Crippen molar-refractivity contribution in [2.75, 3.05) is 25.0 Å². The SMILES string of the molecule is O=C(c1ccc(NCCCC2CCCC2)nc1)N1CCCC1. The fourth-order valence-electron chi connectivity index (χ4n) is 3.63. The molecular formula is C18H27N3O. The third kappa shape index (κ3) is 3.99. The summed E-state index contributed by atoms with van der Waals surface area (Å²) < 4.78 is 0. The molecule has 1 aromatic rings. The Morgan fingerprint density at radius 2 is 1.95 bits per heavy atom. The molecule has 22 heavy (non-hydrogen) atoms. The Balaban J connectivity index is 1.41. The van der Waals surface area contributed by atoms with E-state index in [9.17, 15) is 4.79 Å². The summed E-state index contributed by atoms with van der Waals surface area (Å²) in [4.78, 5) is 18.5. The lowest BCUT2D eigenvalue weighted by Crippen LogP contribution is -2.27. The third-order valence-corrected chi connectivity index (χ3v) is 4.97. The number of nitrogens with one attached hydrogen (secondary N) is 1. The molecule has 0 aromatic carbocycles. The highest BCUT2D eigenvalue weighted by Crippen LogP contribution is 2.28. The molecule has 1 aromatic heterocycles. The molecule has 3 rings (SSSR count). The summed E-state index contributed by atoms with van der Waals surface area (Å²) in [6, 6.07) is 3.83. The molecule has 1 aliphatic carbocycles. The van der Waals surface area contributed by atoms with Crippen LogP contribution in [0.1, 0.15) is 61.7 Å². The number of anilines is 1. The number of carbonyl (C=O) groups is 1. The van der Waals surface area contributed by atoms with Gasteiger partial charge in [0.25, 0.3) is 5.91 Å². The second-order valence-corrected chi connectivity index (χ2v) is 6.65. The van der Waals surface area contributed by atoms with Crippen molar-refractivity contribution in [2.45, 2.75) is 51.4 Å². The summed E-state index contributed by atoms with van der Waals surface area (Å²) in [6.07, 6.45) is 12.2. The van der Waals surface area contributed by atoms with Crippen LogP contribution in [0.5, 0.6) is 0 Å². The Kier molecular flexibility index (Phi) is 5.30. The molecule has 0 bridgehead atoms. The molecular weight excluding hydrogens is 274 g/mol. The Morgan fingerprint density at radius 1 is 1.18 bits per heavy atom. The van der Waals surface area contributed by atoms with Gasteiger partial charge in [-0.15, -0.1) is 0 Å². The molecule has 1 saturated carbocycles. The van der Waals surface area contributed by atoms with E-state index >= 15 is 0 Å². The highest BCUT2D eigenvalue weighted by atomic mass is 16.2. The molecule has 2 heterocycles. The largest absolute Gasteiger partial charge is 0.370 e. The molecule has 0 unspecified atom stereocenters. The van der Waals surface area contributed by atoms with Gasteiger partial charge in [0.05, 0.1) is 5.56 Å². The zero-order valence-electron chi connectivity index (χ0n) is 13.4. The molecule has 1 N–H and O–H groups in total. The average Bonchev–Trinajstić information content (AvgIpc) is 3.25. The van der Waals surface area contributed by atoms with Crippen LogP contribution in [0.4, 0.5) is 5.82 Å². The van der Waals surface area contributed by atoms with Gasteiger partial charge in [0.1, 0.15) is 5.82 Å². The van der Waals surface area contributed by atoms with Crippen LogP contribution in [0, 0.1) is 5.92 Å². The Hall–Kier alpha value is -1.58. The van der Waals surface area contributed by atoms with E-state index in [1.54, 1.807) is 6.20 Å². The van der Waals surface area contributed by atoms with Crippen LogP contribution in [-0.4, -0.2) is 35.4 Å². The van der Waals surface area contributed by atoms with E-state index in [2.05, 4.69) is 10.3 Å². The molecule has 1 saturated heterocycles. The molecule has 0 spiro atoms. The number of likely N-dealkylation sites (tertiary alicyclic amines) is 1. The predicted molar refractivity (Wildman–Crippen MR) is 89.1 cm³/mol. The number of carbonyl (C=O) groups excluding carboxylic acids is 1. The summed E-state index contributed by atoms with van der Waals surface area (Å²) in [5, 5.41) is 3.37. The summed E-state index contributed by atoms with van der Waals surface area (Å²) in [6.45, 7) is 2.75. The number of rotatable bonds is 6. The lowest BCUT2D eigenvalue weighted by molar-refractivity contribution is 0.0792. The number of nitrogens with zero attached hydrogens (tertiary/aromatic N) is 2. The lowest BCUT2D eigenvalue weighted by Gasteiger charge is -2.15. The van der Waals surface area contributed by atoms with Crippen molar-refractivity contribution in [3.05, 3.63) is 23.9 Å². The van der Waals surface area contributed by atoms with Crippen molar-refractivity contribution in [3.8, 4) is 0 Å². The fourth-order valence-corrected chi connectivity index (χ4v) is 3.63. The summed E-state index contributed by atoms with van der Waals surface area (Å²) in [7, 11) is 0. The van der Waals surface area contributed by atoms with E-state index in [1.165, 1.54) is 38.5 Å². The van der Waals surface area contributed by atoms with Gasteiger partial charge in [-0.3, -0.25) is 4.79 Å². The van der Waals surface area contributed by atoms with E-state index in [1.807, 2.05) is 17.0 Å².